The van der Waals surface area contributed by atoms with Gasteiger partial charge in [0.2, 0.25) is 0 Å². The van der Waals surface area contributed by atoms with Crippen LogP contribution in [0.25, 0.3) is 0 Å². The highest BCUT2D eigenvalue weighted by Gasteiger charge is 2.08. The molecule has 0 aliphatic heterocycles. The normalized spacial score (nSPS) is 11.4. The van der Waals surface area contributed by atoms with Gasteiger partial charge < -0.3 is 19.7 Å². The molecule has 2 aromatic carbocycles. The van der Waals surface area contributed by atoms with Gasteiger partial charge in [0, 0.05) is 0 Å². The summed E-state index contributed by atoms with van der Waals surface area (Å²) in [7, 11) is 0. The third-order valence-electron chi connectivity index (χ3n) is 2.90. The molecule has 0 heterocycles. The van der Waals surface area contributed by atoms with Crippen LogP contribution in [-0.4, -0.2) is 34.9 Å². The van der Waals surface area contributed by atoms with Crippen molar-refractivity contribution in [1.82, 2.24) is 10.6 Å². The molecule has 2 rings (SSSR count). The fraction of sp³-hybridized carbons (Fsp3) is 0.100. The average molecular weight is 380 g/mol. The Morgan fingerprint density at radius 1 is 0.714 bits per heavy atom. The lowest BCUT2D eigenvalue weighted by Gasteiger charge is -2.07. The van der Waals surface area contributed by atoms with E-state index in [4.69, 9.17) is 9.47 Å². The first-order valence-electron chi connectivity index (χ1n) is 7.97. The molecule has 0 bridgehead atoms. The number of amides is 2. The predicted octanol–water partition coefficient (Wildman–Crippen LogP) is 1.21. The first-order valence-corrected chi connectivity index (χ1v) is 7.97. The molecule has 0 radical (unpaired) electrons. The molecule has 0 saturated carbocycles. The summed E-state index contributed by atoms with van der Waals surface area (Å²) in [5.74, 6) is 9.48. The van der Waals surface area contributed by atoms with Crippen molar-refractivity contribution in [1.29, 1.82) is 0 Å². The second-order valence-corrected chi connectivity index (χ2v) is 5.04. The van der Waals surface area contributed by atoms with Gasteiger partial charge in [-0.1, -0.05) is 36.4 Å². The lowest BCUT2D eigenvalue weighted by Crippen LogP contribution is -2.36. The quantitative estimate of drug-likeness (QED) is 0.468. The SMILES string of the molecule is O=C(NC(O)C#CC#CC(O)NC(=O)Oc1ccccc1)Oc1ccccc1. The number of ether oxygens (including phenoxy) is 2. The van der Waals surface area contributed by atoms with Crippen LogP contribution in [0.4, 0.5) is 9.59 Å². The van der Waals surface area contributed by atoms with E-state index < -0.39 is 24.6 Å². The number of benzene rings is 2. The highest BCUT2D eigenvalue weighted by atomic mass is 16.6. The zero-order valence-corrected chi connectivity index (χ0v) is 14.5. The molecular weight excluding hydrogens is 364 g/mol. The molecule has 0 aliphatic carbocycles. The van der Waals surface area contributed by atoms with Crippen LogP contribution in [0, 0.1) is 23.7 Å². The fourth-order valence-corrected chi connectivity index (χ4v) is 1.75. The first kappa shape index (κ1) is 20.3. The summed E-state index contributed by atoms with van der Waals surface area (Å²) >= 11 is 0. The minimum atomic E-state index is -1.53. The van der Waals surface area contributed by atoms with Gasteiger partial charge in [-0.15, -0.1) is 0 Å². The molecule has 0 aromatic heterocycles. The van der Waals surface area contributed by atoms with Crippen LogP contribution in [0.5, 0.6) is 11.5 Å². The van der Waals surface area contributed by atoms with E-state index in [1.165, 1.54) is 0 Å². The van der Waals surface area contributed by atoms with Gasteiger partial charge >= 0.3 is 12.2 Å². The molecule has 0 saturated heterocycles. The number of carbonyl (C=O) groups excluding carboxylic acids is 2. The molecule has 0 spiro atoms. The Kier molecular flexibility index (Phi) is 7.91. The van der Waals surface area contributed by atoms with E-state index in [1.807, 2.05) is 0 Å². The zero-order chi connectivity index (χ0) is 20.2. The Morgan fingerprint density at radius 3 is 1.43 bits per heavy atom. The van der Waals surface area contributed by atoms with Crippen molar-refractivity contribution in [3.05, 3.63) is 60.7 Å². The van der Waals surface area contributed by atoms with Gasteiger partial charge in [0.05, 0.1) is 0 Å². The molecule has 2 unspecified atom stereocenters. The molecule has 8 nitrogen and oxygen atoms in total. The Labute approximate surface area is 161 Å². The molecule has 2 amide bonds. The average Bonchev–Trinajstić information content (AvgIpc) is 2.66. The van der Waals surface area contributed by atoms with Crippen molar-refractivity contribution in [2.24, 2.45) is 0 Å². The minimum absolute atomic E-state index is 0.302. The number of rotatable bonds is 4. The highest BCUT2D eigenvalue weighted by molar-refractivity contribution is 5.71. The number of aliphatic hydroxyl groups is 2. The molecule has 4 N–H and O–H groups in total. The van der Waals surface area contributed by atoms with Gasteiger partial charge in [-0.3, -0.25) is 10.6 Å². The van der Waals surface area contributed by atoms with Crippen LogP contribution in [0.2, 0.25) is 0 Å². The summed E-state index contributed by atoms with van der Waals surface area (Å²) < 4.78 is 9.81. The van der Waals surface area contributed by atoms with E-state index in [9.17, 15) is 19.8 Å². The van der Waals surface area contributed by atoms with Gasteiger partial charge in [0.15, 0.2) is 12.5 Å². The topological polar surface area (TPSA) is 117 Å². The maximum atomic E-state index is 11.5. The number of aliphatic hydroxyl groups excluding tert-OH is 2. The molecular formula is C20H16N2O6. The Morgan fingerprint density at radius 2 is 1.07 bits per heavy atom. The number of hydrogen-bond acceptors (Lipinski definition) is 6. The Bertz CT molecular complexity index is 832. The number of carbonyl (C=O) groups is 2. The van der Waals surface area contributed by atoms with E-state index in [1.54, 1.807) is 60.7 Å². The number of para-hydroxylation sites is 2. The van der Waals surface area contributed by atoms with Gasteiger partial charge in [-0.2, -0.15) is 0 Å². The minimum Gasteiger partial charge on any atom is -0.410 e. The van der Waals surface area contributed by atoms with Crippen LogP contribution in [0.1, 0.15) is 0 Å². The van der Waals surface area contributed by atoms with Crippen LogP contribution in [0.15, 0.2) is 60.7 Å². The van der Waals surface area contributed by atoms with Crippen LogP contribution in [0.3, 0.4) is 0 Å². The van der Waals surface area contributed by atoms with Crippen LogP contribution >= 0.6 is 0 Å². The van der Waals surface area contributed by atoms with Gasteiger partial charge in [-0.25, -0.2) is 9.59 Å². The molecule has 2 aromatic rings. The number of nitrogens with one attached hydrogen (secondary N) is 2. The summed E-state index contributed by atoms with van der Waals surface area (Å²) in [6.45, 7) is 0. The van der Waals surface area contributed by atoms with E-state index in [0.717, 1.165) is 0 Å². The van der Waals surface area contributed by atoms with E-state index in [-0.39, 0.29) is 0 Å². The fourth-order valence-electron chi connectivity index (χ4n) is 1.75. The van der Waals surface area contributed by atoms with Gasteiger partial charge in [0.25, 0.3) is 0 Å². The number of hydrogen-bond donors (Lipinski definition) is 4. The molecule has 2 atom stereocenters. The Hall–Kier alpha value is -3.98. The van der Waals surface area contributed by atoms with Gasteiger partial charge in [-0.05, 0) is 47.9 Å². The standard InChI is InChI=1S/C20H16N2O6/c23-17(21-19(25)27-15-9-3-1-4-10-15)13-7-8-14-18(24)22-20(26)28-16-11-5-2-6-12-16/h1-6,9-12,17-18,23-24H,(H,21,25)(H,22,26). The maximum Gasteiger partial charge on any atom is 0.415 e. The molecule has 8 heteroatoms. The molecule has 0 fully saturated rings. The smallest absolute Gasteiger partial charge is 0.410 e. The van der Waals surface area contributed by atoms with Crippen molar-refractivity contribution in [2.75, 3.05) is 0 Å². The monoisotopic (exact) mass is 380 g/mol. The first-order chi connectivity index (χ1) is 13.5. The second-order valence-electron chi connectivity index (χ2n) is 5.04. The van der Waals surface area contributed by atoms with Crippen LogP contribution < -0.4 is 20.1 Å². The molecule has 142 valence electrons. The van der Waals surface area contributed by atoms with Crippen molar-refractivity contribution in [2.45, 2.75) is 12.5 Å². The van der Waals surface area contributed by atoms with Crippen molar-refractivity contribution in [3.8, 4) is 35.2 Å². The van der Waals surface area contributed by atoms with Gasteiger partial charge in [0.1, 0.15) is 11.5 Å². The molecule has 0 aliphatic rings. The lowest BCUT2D eigenvalue weighted by molar-refractivity contribution is 0.157. The largest absolute Gasteiger partial charge is 0.415 e. The van der Waals surface area contributed by atoms with Crippen molar-refractivity contribution >= 4 is 12.2 Å². The summed E-state index contributed by atoms with van der Waals surface area (Å²) in [6, 6.07) is 16.5. The molecule has 28 heavy (non-hydrogen) atoms. The van der Waals surface area contributed by atoms with Crippen molar-refractivity contribution < 1.29 is 29.3 Å². The summed E-state index contributed by atoms with van der Waals surface area (Å²) in [6.07, 6.45) is -4.85. The van der Waals surface area contributed by atoms with E-state index in [2.05, 4.69) is 34.3 Å². The second kappa shape index (κ2) is 10.9. The summed E-state index contributed by atoms with van der Waals surface area (Å²) in [4.78, 5) is 23.1. The Balaban J connectivity index is 1.74. The van der Waals surface area contributed by atoms with E-state index in [0.29, 0.717) is 11.5 Å². The third kappa shape index (κ3) is 7.93. The zero-order valence-electron chi connectivity index (χ0n) is 14.5. The van der Waals surface area contributed by atoms with E-state index >= 15 is 0 Å². The van der Waals surface area contributed by atoms with Crippen LogP contribution in [-0.2, 0) is 0 Å². The maximum absolute atomic E-state index is 11.5. The lowest BCUT2D eigenvalue weighted by atomic mass is 10.3. The predicted molar refractivity (Wildman–Crippen MR) is 98.8 cm³/mol. The third-order valence-corrected chi connectivity index (χ3v) is 2.90. The summed E-state index contributed by atoms with van der Waals surface area (Å²) in [5, 5.41) is 23.3. The highest BCUT2D eigenvalue weighted by Crippen LogP contribution is 2.08. The van der Waals surface area contributed by atoms with Crippen molar-refractivity contribution in [3.63, 3.8) is 0 Å². The summed E-state index contributed by atoms with van der Waals surface area (Å²) in [5.41, 5.74) is 0.